The minimum Gasteiger partial charge on any atom is -0.299 e. The van der Waals surface area contributed by atoms with Crippen molar-refractivity contribution in [3.05, 3.63) is 47.5 Å². The van der Waals surface area contributed by atoms with E-state index in [-0.39, 0.29) is 5.78 Å². The lowest BCUT2D eigenvalue weighted by atomic mass is 10.0. The fourth-order valence-corrected chi connectivity index (χ4v) is 2.37. The highest BCUT2D eigenvalue weighted by molar-refractivity contribution is 6.08. The van der Waals surface area contributed by atoms with Gasteiger partial charge in [-0.3, -0.25) is 9.69 Å². The Balaban J connectivity index is 1.95. The van der Waals surface area contributed by atoms with Crippen molar-refractivity contribution in [1.82, 2.24) is 4.90 Å². The number of aryl methyl sites for hydroxylation is 1. The van der Waals surface area contributed by atoms with Gasteiger partial charge in [0.2, 0.25) is 0 Å². The maximum absolute atomic E-state index is 12.2. The molecule has 0 spiro atoms. The number of carbonyl (C=O) groups is 1. The number of hydrogen-bond donors (Lipinski definition) is 0. The second-order valence-electron chi connectivity index (χ2n) is 5.14. The minimum absolute atomic E-state index is 0.0839. The lowest BCUT2D eigenvalue weighted by molar-refractivity contribution is 0.102. The van der Waals surface area contributed by atoms with E-state index in [1.54, 1.807) is 0 Å². The molecule has 18 heavy (non-hydrogen) atoms. The average molecular weight is 243 g/mol. The minimum atomic E-state index is 0.0839. The Morgan fingerprint density at radius 3 is 2.39 bits per heavy atom. The van der Waals surface area contributed by atoms with Gasteiger partial charge in [0.25, 0.3) is 0 Å². The molecule has 1 aliphatic heterocycles. The summed E-state index contributed by atoms with van der Waals surface area (Å²) < 4.78 is 0. The van der Waals surface area contributed by atoms with Crippen molar-refractivity contribution in [3.63, 3.8) is 0 Å². The normalized spacial score (nSPS) is 16.5. The molecule has 96 valence electrons. The van der Waals surface area contributed by atoms with Crippen LogP contribution in [0.5, 0.6) is 0 Å². The maximum atomic E-state index is 12.2. The molecule has 0 radical (unpaired) electrons. The summed E-state index contributed by atoms with van der Waals surface area (Å²) in [6.07, 6.45) is 3.80. The van der Waals surface area contributed by atoms with Gasteiger partial charge in [-0.2, -0.15) is 0 Å². The van der Waals surface area contributed by atoms with E-state index in [0.717, 1.165) is 18.7 Å². The van der Waals surface area contributed by atoms with Crippen LogP contribution >= 0.6 is 0 Å². The molecule has 2 heteroatoms. The lowest BCUT2D eigenvalue weighted by Crippen LogP contribution is -2.32. The fraction of sp³-hybridized carbons (Fsp3) is 0.438. The summed E-state index contributed by atoms with van der Waals surface area (Å²) in [5, 5.41) is 0. The highest BCUT2D eigenvalue weighted by atomic mass is 16.1. The predicted molar refractivity (Wildman–Crippen MR) is 74.9 cm³/mol. The number of Topliss-reactive ketones (excluding diaryl/α,β-unsaturated/α-hetero) is 1. The molecule has 0 unspecified atom stereocenters. The first kappa shape index (κ1) is 13.0. The van der Waals surface area contributed by atoms with Gasteiger partial charge >= 0.3 is 0 Å². The quantitative estimate of drug-likeness (QED) is 0.598. The molecule has 0 saturated carbocycles. The van der Waals surface area contributed by atoms with Gasteiger partial charge in [0.15, 0.2) is 5.78 Å². The summed E-state index contributed by atoms with van der Waals surface area (Å²) in [4.78, 5) is 14.5. The molecule has 1 aliphatic rings. The molecule has 1 fully saturated rings. The van der Waals surface area contributed by atoms with Crippen molar-refractivity contribution < 1.29 is 4.79 Å². The Labute approximate surface area is 109 Å². The molecule has 2 rings (SSSR count). The van der Waals surface area contributed by atoms with Gasteiger partial charge in [-0.1, -0.05) is 42.8 Å². The van der Waals surface area contributed by atoms with Crippen molar-refractivity contribution in [2.75, 3.05) is 19.6 Å². The number of rotatable bonds is 4. The van der Waals surface area contributed by atoms with Crippen LogP contribution in [-0.4, -0.2) is 30.3 Å². The molecule has 1 heterocycles. The van der Waals surface area contributed by atoms with E-state index in [1.165, 1.54) is 24.8 Å². The third kappa shape index (κ3) is 3.30. The first-order valence-electron chi connectivity index (χ1n) is 6.68. The molecular weight excluding hydrogens is 222 g/mol. The SMILES string of the molecule is C=C(CN1CCCCC1)C(=O)c1ccc(C)cc1. The number of ketones is 1. The molecule has 0 atom stereocenters. The van der Waals surface area contributed by atoms with Crippen LogP contribution < -0.4 is 0 Å². The number of nitrogens with zero attached hydrogens (tertiary/aromatic N) is 1. The second kappa shape index (κ2) is 5.96. The molecule has 2 nitrogen and oxygen atoms in total. The van der Waals surface area contributed by atoms with Crippen LogP contribution in [0.4, 0.5) is 0 Å². The average Bonchev–Trinajstić information content (AvgIpc) is 2.40. The zero-order valence-corrected chi connectivity index (χ0v) is 11.1. The smallest absolute Gasteiger partial charge is 0.189 e. The molecule has 1 aromatic rings. The number of benzene rings is 1. The Morgan fingerprint density at radius 1 is 1.17 bits per heavy atom. The monoisotopic (exact) mass is 243 g/mol. The molecule has 0 bridgehead atoms. The Hall–Kier alpha value is -1.41. The van der Waals surface area contributed by atoms with Crippen molar-refractivity contribution in [1.29, 1.82) is 0 Å². The van der Waals surface area contributed by atoms with Crippen LogP contribution in [0, 0.1) is 6.92 Å². The first-order valence-corrected chi connectivity index (χ1v) is 6.68. The summed E-state index contributed by atoms with van der Waals surface area (Å²) in [5.74, 6) is 0.0839. The fourth-order valence-electron chi connectivity index (χ4n) is 2.37. The Morgan fingerprint density at radius 2 is 1.78 bits per heavy atom. The number of likely N-dealkylation sites (tertiary alicyclic amines) is 1. The van der Waals surface area contributed by atoms with Crippen LogP contribution in [0.25, 0.3) is 0 Å². The van der Waals surface area contributed by atoms with Gasteiger partial charge in [-0.05, 0) is 32.9 Å². The van der Waals surface area contributed by atoms with Crippen LogP contribution in [0.15, 0.2) is 36.4 Å². The van der Waals surface area contributed by atoms with E-state index < -0.39 is 0 Å². The molecule has 0 aliphatic carbocycles. The van der Waals surface area contributed by atoms with Crippen molar-refractivity contribution in [2.24, 2.45) is 0 Å². The van der Waals surface area contributed by atoms with Crippen LogP contribution in [0.1, 0.15) is 35.2 Å². The highest BCUT2D eigenvalue weighted by Gasteiger charge is 2.15. The number of piperidine rings is 1. The van der Waals surface area contributed by atoms with Gasteiger partial charge in [0.1, 0.15) is 0 Å². The zero-order chi connectivity index (χ0) is 13.0. The van der Waals surface area contributed by atoms with Gasteiger partial charge < -0.3 is 0 Å². The number of carbonyl (C=O) groups excluding carboxylic acids is 1. The molecule has 0 N–H and O–H groups in total. The third-order valence-electron chi connectivity index (χ3n) is 3.50. The van der Waals surface area contributed by atoms with Gasteiger partial charge in [0, 0.05) is 17.7 Å². The van der Waals surface area contributed by atoms with Gasteiger partial charge in [-0.25, -0.2) is 0 Å². The van der Waals surface area contributed by atoms with E-state index in [4.69, 9.17) is 0 Å². The summed E-state index contributed by atoms with van der Waals surface area (Å²) in [7, 11) is 0. The van der Waals surface area contributed by atoms with Crippen molar-refractivity contribution in [3.8, 4) is 0 Å². The molecule has 0 amide bonds. The van der Waals surface area contributed by atoms with Crippen molar-refractivity contribution >= 4 is 5.78 Å². The summed E-state index contributed by atoms with van der Waals surface area (Å²) in [6, 6.07) is 7.72. The van der Waals surface area contributed by atoms with Gasteiger partial charge in [0.05, 0.1) is 0 Å². The molecule has 0 aromatic heterocycles. The van der Waals surface area contributed by atoms with E-state index in [1.807, 2.05) is 31.2 Å². The summed E-state index contributed by atoms with van der Waals surface area (Å²) >= 11 is 0. The second-order valence-corrected chi connectivity index (χ2v) is 5.14. The predicted octanol–water partition coefficient (Wildman–Crippen LogP) is 3.22. The van der Waals surface area contributed by atoms with Gasteiger partial charge in [-0.15, -0.1) is 0 Å². The Bertz CT molecular complexity index is 427. The molecular formula is C16H21NO. The lowest BCUT2D eigenvalue weighted by Gasteiger charge is -2.26. The summed E-state index contributed by atoms with van der Waals surface area (Å²) in [5.41, 5.74) is 2.64. The largest absolute Gasteiger partial charge is 0.299 e. The zero-order valence-electron chi connectivity index (χ0n) is 11.1. The number of hydrogen-bond acceptors (Lipinski definition) is 2. The summed E-state index contributed by atoms with van der Waals surface area (Å²) in [6.45, 7) is 8.89. The van der Waals surface area contributed by atoms with Crippen LogP contribution in [-0.2, 0) is 0 Å². The van der Waals surface area contributed by atoms with Crippen molar-refractivity contribution in [2.45, 2.75) is 26.2 Å². The van der Waals surface area contributed by atoms with Crippen LogP contribution in [0.3, 0.4) is 0 Å². The molecule has 1 aromatic carbocycles. The van der Waals surface area contributed by atoms with Crippen LogP contribution in [0.2, 0.25) is 0 Å². The first-order chi connectivity index (χ1) is 8.66. The highest BCUT2D eigenvalue weighted by Crippen LogP contribution is 2.13. The topological polar surface area (TPSA) is 20.3 Å². The molecule has 1 saturated heterocycles. The van der Waals surface area contributed by atoms with E-state index >= 15 is 0 Å². The van der Waals surface area contributed by atoms with E-state index in [0.29, 0.717) is 12.1 Å². The van der Waals surface area contributed by atoms with E-state index in [2.05, 4.69) is 11.5 Å². The standard InChI is InChI=1S/C16H21NO/c1-13-6-8-15(9-7-13)16(18)14(2)12-17-10-4-3-5-11-17/h6-9H,2-5,10-12H2,1H3. The van der Waals surface area contributed by atoms with E-state index in [9.17, 15) is 4.79 Å². The Kier molecular flexibility index (Phi) is 4.32. The maximum Gasteiger partial charge on any atom is 0.189 e. The third-order valence-corrected chi connectivity index (χ3v) is 3.50.